The maximum absolute atomic E-state index is 13.1. The second kappa shape index (κ2) is 6.46. The van der Waals surface area contributed by atoms with Crippen LogP contribution in [0.2, 0.25) is 0 Å². The Hall–Kier alpha value is -3.86. The number of nitrogens with zero attached hydrogens (tertiary/aromatic N) is 1. The summed E-state index contributed by atoms with van der Waals surface area (Å²) in [5.41, 5.74) is 0.351. The molecule has 0 saturated carbocycles. The molecule has 0 N–H and O–H groups in total. The summed E-state index contributed by atoms with van der Waals surface area (Å²) in [6, 6.07) is 21.9. The lowest BCUT2D eigenvalue weighted by Crippen LogP contribution is -2.15. The van der Waals surface area contributed by atoms with Gasteiger partial charge in [0, 0.05) is 23.3 Å². The van der Waals surface area contributed by atoms with Gasteiger partial charge in [0.25, 0.3) is 5.69 Å². The van der Waals surface area contributed by atoms with Crippen LogP contribution in [-0.2, 0) is 0 Å². The molecular weight excluding hydrogens is 342 g/mol. The lowest BCUT2D eigenvalue weighted by atomic mass is 9.91. The Labute approximate surface area is 154 Å². The van der Waals surface area contributed by atoms with Gasteiger partial charge in [-0.25, -0.2) is 0 Å². The van der Waals surface area contributed by atoms with Crippen LogP contribution in [0.25, 0.3) is 21.5 Å². The number of rotatable bonds is 4. The largest absolute Gasteiger partial charge is 0.285 e. The number of nitro groups is 1. The number of ketones is 2. The summed E-state index contributed by atoms with van der Waals surface area (Å²) in [4.78, 5) is 36.1. The van der Waals surface area contributed by atoms with E-state index in [1.54, 1.807) is 0 Å². The summed E-state index contributed by atoms with van der Waals surface area (Å²) in [5.74, 6) is -1.32. The highest BCUT2D eigenvalue weighted by molar-refractivity contribution is 6.52. The average molecular weight is 355 g/mol. The standard InChI is InChI=1S/C22H13NO4/c24-21(14-9-11-17(12-10-14)23(26)27)22(25)20-18-7-3-1-5-15(18)13-16-6-2-4-8-19(16)20/h1-13H. The van der Waals surface area contributed by atoms with Gasteiger partial charge < -0.3 is 0 Å². The van der Waals surface area contributed by atoms with Crippen molar-refractivity contribution < 1.29 is 14.5 Å². The van der Waals surface area contributed by atoms with Crippen LogP contribution in [0.5, 0.6) is 0 Å². The highest BCUT2D eigenvalue weighted by atomic mass is 16.6. The molecule has 0 heterocycles. The van der Waals surface area contributed by atoms with E-state index in [4.69, 9.17) is 0 Å². The summed E-state index contributed by atoms with van der Waals surface area (Å²) >= 11 is 0. The van der Waals surface area contributed by atoms with Crippen LogP contribution in [-0.4, -0.2) is 16.5 Å². The fraction of sp³-hybridized carbons (Fsp3) is 0. The van der Waals surface area contributed by atoms with Gasteiger partial charge in [0.05, 0.1) is 4.92 Å². The molecule has 0 atom stereocenters. The molecule has 5 heteroatoms. The Kier molecular flexibility index (Phi) is 3.97. The molecule has 0 fully saturated rings. The van der Waals surface area contributed by atoms with Crippen LogP contribution in [0.3, 0.4) is 0 Å². The summed E-state index contributed by atoms with van der Waals surface area (Å²) in [6.45, 7) is 0. The van der Waals surface area contributed by atoms with Crippen molar-refractivity contribution in [1.29, 1.82) is 0 Å². The third-order valence-corrected chi connectivity index (χ3v) is 4.54. The van der Waals surface area contributed by atoms with E-state index in [0.717, 1.165) is 10.8 Å². The van der Waals surface area contributed by atoms with Gasteiger partial charge in [-0.3, -0.25) is 19.7 Å². The predicted octanol–water partition coefficient (Wildman–Crippen LogP) is 4.97. The molecule has 27 heavy (non-hydrogen) atoms. The Bertz CT molecular complexity index is 1170. The molecule has 5 nitrogen and oxygen atoms in total. The van der Waals surface area contributed by atoms with Crippen LogP contribution < -0.4 is 0 Å². The minimum absolute atomic E-state index is 0.127. The smallest absolute Gasteiger partial charge is 0.269 e. The van der Waals surface area contributed by atoms with Gasteiger partial charge in [0.15, 0.2) is 0 Å². The Morgan fingerprint density at radius 3 is 1.74 bits per heavy atom. The maximum atomic E-state index is 13.1. The quantitative estimate of drug-likeness (QED) is 0.170. The van der Waals surface area contributed by atoms with Gasteiger partial charge in [-0.1, -0.05) is 48.5 Å². The molecule has 4 aromatic carbocycles. The molecule has 4 aromatic rings. The molecule has 0 unspecified atom stereocenters. The van der Waals surface area contributed by atoms with Crippen molar-refractivity contribution in [2.75, 3.05) is 0 Å². The second-order valence-electron chi connectivity index (χ2n) is 6.16. The van der Waals surface area contributed by atoms with Crippen LogP contribution in [0.15, 0.2) is 78.9 Å². The number of fused-ring (bicyclic) bond motifs is 2. The lowest BCUT2D eigenvalue weighted by Gasteiger charge is -2.10. The van der Waals surface area contributed by atoms with Crippen molar-refractivity contribution in [1.82, 2.24) is 0 Å². The fourth-order valence-corrected chi connectivity index (χ4v) is 3.24. The Morgan fingerprint density at radius 1 is 0.704 bits per heavy atom. The van der Waals surface area contributed by atoms with E-state index in [1.165, 1.54) is 24.3 Å². The first-order valence-electron chi connectivity index (χ1n) is 8.30. The minimum atomic E-state index is -0.689. The van der Waals surface area contributed by atoms with E-state index in [1.807, 2.05) is 54.6 Å². The summed E-state index contributed by atoms with van der Waals surface area (Å²) in [5, 5.41) is 13.9. The topological polar surface area (TPSA) is 77.3 Å². The third kappa shape index (κ3) is 2.85. The molecule has 130 valence electrons. The normalized spacial score (nSPS) is 10.8. The van der Waals surface area contributed by atoms with Crippen molar-refractivity contribution in [3.8, 4) is 0 Å². The first kappa shape index (κ1) is 16.6. The zero-order chi connectivity index (χ0) is 19.0. The molecule has 0 radical (unpaired) electrons. The molecule has 0 aliphatic carbocycles. The zero-order valence-electron chi connectivity index (χ0n) is 14.1. The summed E-state index contributed by atoms with van der Waals surface area (Å²) < 4.78 is 0. The number of carbonyl (C=O) groups is 2. The SMILES string of the molecule is O=C(C(=O)c1c2ccccc2cc2ccccc12)c1ccc([N+](=O)[O-])cc1. The van der Waals surface area contributed by atoms with E-state index in [2.05, 4.69) is 0 Å². The van der Waals surface area contributed by atoms with Crippen molar-refractivity contribution in [2.24, 2.45) is 0 Å². The molecule has 0 amide bonds. The van der Waals surface area contributed by atoms with Gasteiger partial charge in [0.2, 0.25) is 11.6 Å². The predicted molar refractivity (Wildman–Crippen MR) is 103 cm³/mol. The molecule has 0 bridgehead atoms. The minimum Gasteiger partial charge on any atom is -0.285 e. The molecule has 0 aliphatic heterocycles. The fourth-order valence-electron chi connectivity index (χ4n) is 3.24. The summed E-state index contributed by atoms with van der Waals surface area (Å²) in [6.07, 6.45) is 0. The number of non-ortho nitro benzene ring substituents is 1. The van der Waals surface area contributed by atoms with E-state index in [9.17, 15) is 19.7 Å². The zero-order valence-corrected chi connectivity index (χ0v) is 14.1. The first-order chi connectivity index (χ1) is 13.1. The van der Waals surface area contributed by atoms with Crippen molar-refractivity contribution in [2.45, 2.75) is 0 Å². The number of hydrogen-bond donors (Lipinski definition) is 0. The number of hydrogen-bond acceptors (Lipinski definition) is 4. The number of benzene rings is 4. The van der Waals surface area contributed by atoms with E-state index in [0.29, 0.717) is 16.3 Å². The van der Waals surface area contributed by atoms with E-state index < -0.39 is 16.5 Å². The number of carbonyl (C=O) groups excluding carboxylic acids is 2. The lowest BCUT2D eigenvalue weighted by molar-refractivity contribution is -0.384. The second-order valence-corrected chi connectivity index (χ2v) is 6.16. The Morgan fingerprint density at radius 2 is 1.22 bits per heavy atom. The molecular formula is C22H13NO4. The van der Waals surface area contributed by atoms with Gasteiger partial charge in [-0.2, -0.15) is 0 Å². The van der Waals surface area contributed by atoms with Crippen molar-refractivity contribution in [3.05, 3.63) is 100 Å². The van der Waals surface area contributed by atoms with E-state index in [-0.39, 0.29) is 11.3 Å². The van der Waals surface area contributed by atoms with Gasteiger partial charge in [-0.15, -0.1) is 0 Å². The highest BCUT2D eigenvalue weighted by Crippen LogP contribution is 2.29. The Balaban J connectivity index is 1.88. The highest BCUT2D eigenvalue weighted by Gasteiger charge is 2.23. The van der Waals surface area contributed by atoms with Crippen LogP contribution in [0.1, 0.15) is 20.7 Å². The third-order valence-electron chi connectivity index (χ3n) is 4.54. The maximum Gasteiger partial charge on any atom is 0.269 e. The van der Waals surface area contributed by atoms with Crippen LogP contribution in [0.4, 0.5) is 5.69 Å². The van der Waals surface area contributed by atoms with E-state index >= 15 is 0 Å². The van der Waals surface area contributed by atoms with Crippen molar-refractivity contribution in [3.63, 3.8) is 0 Å². The first-order valence-corrected chi connectivity index (χ1v) is 8.30. The number of Topliss-reactive ketones (excluding diaryl/α,β-unsaturated/α-hetero) is 2. The molecule has 0 spiro atoms. The average Bonchev–Trinajstić information content (AvgIpc) is 2.71. The van der Waals surface area contributed by atoms with Crippen LogP contribution in [0, 0.1) is 10.1 Å². The molecule has 0 aromatic heterocycles. The van der Waals surface area contributed by atoms with Gasteiger partial charge in [-0.05, 0) is 39.7 Å². The molecule has 0 saturated heterocycles. The monoisotopic (exact) mass is 355 g/mol. The molecule has 4 rings (SSSR count). The number of nitro benzene ring substituents is 1. The van der Waals surface area contributed by atoms with Gasteiger partial charge >= 0.3 is 0 Å². The van der Waals surface area contributed by atoms with Crippen molar-refractivity contribution >= 4 is 38.8 Å². The van der Waals surface area contributed by atoms with Gasteiger partial charge in [0.1, 0.15) is 0 Å². The molecule has 0 aliphatic rings. The summed E-state index contributed by atoms with van der Waals surface area (Å²) in [7, 11) is 0. The van der Waals surface area contributed by atoms with Crippen LogP contribution >= 0.6 is 0 Å².